The topological polar surface area (TPSA) is 150 Å². The molecule has 3 amide bonds. The molecule has 1 atom stereocenters. The standard InChI is InChI=1S/C27H33N5O5S/c1-5-37-19-11-9-17(10-12-19)23(26(34)30-14-13-16(2)3)32(18-7-6-8-20(15-18)36-4)27(35)24-21(28)22(25(29)33)31-38-24/h6-12,15-16,23H,5,13-14,28H2,1-4H3,(H2,29,33)(H,30,34)/t23-/m1/s1. The van der Waals surface area contributed by atoms with E-state index in [1.54, 1.807) is 48.5 Å². The van der Waals surface area contributed by atoms with Gasteiger partial charge in [-0.25, -0.2) is 0 Å². The van der Waals surface area contributed by atoms with Crippen molar-refractivity contribution < 1.29 is 23.9 Å². The van der Waals surface area contributed by atoms with Gasteiger partial charge in [0.2, 0.25) is 5.91 Å². The van der Waals surface area contributed by atoms with Crippen LogP contribution in [0.5, 0.6) is 11.5 Å². The highest BCUT2D eigenvalue weighted by Gasteiger charge is 2.36. The van der Waals surface area contributed by atoms with Crippen molar-refractivity contribution in [3.05, 3.63) is 64.7 Å². The summed E-state index contributed by atoms with van der Waals surface area (Å²) in [6.07, 6.45) is 0.763. The lowest BCUT2D eigenvalue weighted by Crippen LogP contribution is -2.44. The number of methoxy groups -OCH3 is 1. The Balaban J connectivity index is 2.17. The summed E-state index contributed by atoms with van der Waals surface area (Å²) in [5.41, 5.74) is 12.1. The summed E-state index contributed by atoms with van der Waals surface area (Å²) in [6.45, 7) is 6.91. The summed E-state index contributed by atoms with van der Waals surface area (Å²) in [5.74, 6) is -0.351. The lowest BCUT2D eigenvalue weighted by atomic mass is 10.0. The van der Waals surface area contributed by atoms with Crippen LogP contribution < -0.4 is 31.2 Å². The van der Waals surface area contributed by atoms with Crippen LogP contribution in [0.25, 0.3) is 0 Å². The highest BCUT2D eigenvalue weighted by molar-refractivity contribution is 7.09. The third-order valence-electron chi connectivity index (χ3n) is 5.74. The van der Waals surface area contributed by atoms with Crippen molar-refractivity contribution in [3.63, 3.8) is 0 Å². The molecule has 11 heteroatoms. The SMILES string of the molecule is CCOc1ccc([C@H](C(=O)NCCC(C)C)N(C(=O)c2snc(C(N)=O)c2N)c2cccc(OC)c2)cc1. The molecule has 5 N–H and O–H groups in total. The molecule has 0 bridgehead atoms. The number of nitrogen functional groups attached to an aromatic ring is 1. The summed E-state index contributed by atoms with van der Waals surface area (Å²) in [5, 5.41) is 2.96. The number of nitrogens with two attached hydrogens (primary N) is 2. The minimum atomic E-state index is -1.09. The quantitative estimate of drug-likeness (QED) is 0.317. The third kappa shape index (κ3) is 6.60. The van der Waals surface area contributed by atoms with E-state index in [1.165, 1.54) is 12.0 Å². The number of hydrogen-bond donors (Lipinski definition) is 3. The van der Waals surface area contributed by atoms with Gasteiger partial charge in [0.05, 0.1) is 19.4 Å². The molecule has 0 saturated carbocycles. The Kier molecular flexibility index (Phi) is 9.66. The van der Waals surface area contributed by atoms with Crippen LogP contribution in [0.2, 0.25) is 0 Å². The van der Waals surface area contributed by atoms with Crippen molar-refractivity contribution in [1.29, 1.82) is 0 Å². The maximum Gasteiger partial charge on any atom is 0.273 e. The molecule has 1 aromatic heterocycles. The van der Waals surface area contributed by atoms with Gasteiger partial charge in [-0.3, -0.25) is 19.3 Å². The van der Waals surface area contributed by atoms with Crippen molar-refractivity contribution >= 4 is 40.6 Å². The summed E-state index contributed by atoms with van der Waals surface area (Å²) < 4.78 is 14.9. The number of nitrogens with one attached hydrogen (secondary N) is 1. The van der Waals surface area contributed by atoms with Crippen LogP contribution in [-0.2, 0) is 4.79 Å². The molecule has 1 heterocycles. The molecule has 3 aromatic rings. The van der Waals surface area contributed by atoms with Gasteiger partial charge in [0, 0.05) is 18.3 Å². The molecule has 0 fully saturated rings. The molecule has 38 heavy (non-hydrogen) atoms. The predicted molar refractivity (Wildman–Crippen MR) is 148 cm³/mol. The zero-order valence-corrected chi connectivity index (χ0v) is 22.7. The Morgan fingerprint density at radius 3 is 2.39 bits per heavy atom. The Bertz CT molecular complexity index is 1280. The maximum atomic E-state index is 14.1. The average molecular weight is 540 g/mol. The first kappa shape index (κ1) is 28.5. The smallest absolute Gasteiger partial charge is 0.273 e. The van der Waals surface area contributed by atoms with Gasteiger partial charge in [0.15, 0.2) is 5.69 Å². The lowest BCUT2D eigenvalue weighted by Gasteiger charge is -2.31. The molecule has 2 aromatic carbocycles. The maximum absolute atomic E-state index is 14.1. The molecule has 10 nitrogen and oxygen atoms in total. The van der Waals surface area contributed by atoms with E-state index < -0.39 is 17.9 Å². The monoisotopic (exact) mass is 539 g/mol. The first-order valence-corrected chi connectivity index (χ1v) is 13.0. The molecule has 0 aliphatic heterocycles. The summed E-state index contributed by atoms with van der Waals surface area (Å²) >= 11 is 0.751. The number of benzene rings is 2. The fourth-order valence-electron chi connectivity index (χ4n) is 3.79. The molecule has 0 unspecified atom stereocenters. The Labute approximate surface area is 226 Å². The zero-order chi connectivity index (χ0) is 27.8. The minimum Gasteiger partial charge on any atom is -0.497 e. The van der Waals surface area contributed by atoms with Crippen LogP contribution in [0.15, 0.2) is 48.5 Å². The van der Waals surface area contributed by atoms with E-state index in [0.717, 1.165) is 18.0 Å². The Morgan fingerprint density at radius 1 is 1.11 bits per heavy atom. The number of nitrogens with zero attached hydrogens (tertiary/aromatic N) is 2. The van der Waals surface area contributed by atoms with Crippen LogP contribution in [-0.4, -0.2) is 42.4 Å². The van der Waals surface area contributed by atoms with E-state index in [0.29, 0.717) is 41.8 Å². The molecule has 0 aliphatic rings. The fourth-order valence-corrected chi connectivity index (χ4v) is 4.54. The molecule has 3 rings (SSSR count). The van der Waals surface area contributed by atoms with Crippen LogP contribution >= 0.6 is 11.5 Å². The number of aromatic nitrogens is 1. The van der Waals surface area contributed by atoms with Crippen molar-refractivity contribution in [1.82, 2.24) is 9.69 Å². The van der Waals surface area contributed by atoms with Crippen LogP contribution in [0, 0.1) is 5.92 Å². The van der Waals surface area contributed by atoms with Gasteiger partial charge in [-0.2, -0.15) is 4.37 Å². The van der Waals surface area contributed by atoms with Gasteiger partial charge in [-0.15, -0.1) is 0 Å². The number of amides is 3. The number of rotatable bonds is 12. The van der Waals surface area contributed by atoms with Crippen molar-refractivity contribution in [2.24, 2.45) is 11.7 Å². The number of primary amides is 1. The first-order chi connectivity index (χ1) is 18.2. The largest absolute Gasteiger partial charge is 0.497 e. The summed E-state index contributed by atoms with van der Waals surface area (Å²) in [7, 11) is 1.51. The molecule has 0 spiro atoms. The molecular weight excluding hydrogens is 506 g/mol. The molecular formula is C27H33N5O5S. The van der Waals surface area contributed by atoms with Crippen molar-refractivity contribution in [2.45, 2.75) is 33.2 Å². The second kappa shape index (κ2) is 12.9. The number of ether oxygens (including phenoxy) is 2. The number of carbonyl (C=O) groups is 3. The molecule has 0 saturated heterocycles. The van der Waals surface area contributed by atoms with Crippen LogP contribution in [0.1, 0.15) is 59.0 Å². The first-order valence-electron chi connectivity index (χ1n) is 12.2. The summed E-state index contributed by atoms with van der Waals surface area (Å²) in [6, 6.07) is 12.7. The molecule has 0 radical (unpaired) electrons. The number of carbonyl (C=O) groups excluding carboxylic acids is 3. The van der Waals surface area contributed by atoms with Gasteiger partial charge in [0.25, 0.3) is 11.8 Å². The second-order valence-electron chi connectivity index (χ2n) is 8.89. The van der Waals surface area contributed by atoms with Gasteiger partial charge >= 0.3 is 0 Å². The Morgan fingerprint density at radius 2 is 1.82 bits per heavy atom. The van der Waals surface area contributed by atoms with E-state index >= 15 is 0 Å². The molecule has 0 aliphatic carbocycles. The third-order valence-corrected chi connectivity index (χ3v) is 6.59. The highest BCUT2D eigenvalue weighted by atomic mass is 32.1. The zero-order valence-electron chi connectivity index (χ0n) is 21.9. The normalized spacial score (nSPS) is 11.6. The van der Waals surface area contributed by atoms with E-state index in [2.05, 4.69) is 23.5 Å². The van der Waals surface area contributed by atoms with E-state index in [1.807, 2.05) is 6.92 Å². The molecule has 202 valence electrons. The van der Waals surface area contributed by atoms with Crippen molar-refractivity contribution in [2.75, 3.05) is 30.9 Å². The lowest BCUT2D eigenvalue weighted by molar-refractivity contribution is -0.122. The minimum absolute atomic E-state index is 0.00691. The van der Waals surface area contributed by atoms with E-state index in [4.69, 9.17) is 20.9 Å². The van der Waals surface area contributed by atoms with E-state index in [-0.39, 0.29) is 22.2 Å². The second-order valence-corrected chi connectivity index (χ2v) is 9.67. The predicted octanol–water partition coefficient (Wildman–Crippen LogP) is 3.78. The average Bonchev–Trinajstić information content (AvgIpc) is 3.29. The number of anilines is 2. The van der Waals surface area contributed by atoms with Gasteiger partial charge in [-0.1, -0.05) is 32.0 Å². The number of hydrogen-bond acceptors (Lipinski definition) is 8. The van der Waals surface area contributed by atoms with Gasteiger partial charge < -0.3 is 26.3 Å². The highest BCUT2D eigenvalue weighted by Crippen LogP contribution is 2.35. The van der Waals surface area contributed by atoms with Crippen molar-refractivity contribution in [3.8, 4) is 11.5 Å². The Hall–Kier alpha value is -4.12. The summed E-state index contributed by atoms with van der Waals surface area (Å²) in [4.78, 5) is 40.9. The van der Waals surface area contributed by atoms with Crippen LogP contribution in [0.3, 0.4) is 0 Å². The van der Waals surface area contributed by atoms with Gasteiger partial charge in [0.1, 0.15) is 22.4 Å². The fraction of sp³-hybridized carbons (Fsp3) is 0.333. The van der Waals surface area contributed by atoms with E-state index in [9.17, 15) is 14.4 Å². The van der Waals surface area contributed by atoms with Crippen LogP contribution in [0.4, 0.5) is 11.4 Å². The van der Waals surface area contributed by atoms with Gasteiger partial charge in [-0.05, 0) is 60.6 Å².